The number of hydrogen-bond acceptors (Lipinski definition) is 2. The van der Waals surface area contributed by atoms with Crippen LogP contribution in [0.4, 0.5) is 10.5 Å². The van der Waals surface area contributed by atoms with Crippen LogP contribution in [0.2, 0.25) is 5.02 Å². The lowest BCUT2D eigenvalue weighted by atomic mass is 10.2. The van der Waals surface area contributed by atoms with E-state index in [-0.39, 0.29) is 17.9 Å². The summed E-state index contributed by atoms with van der Waals surface area (Å²) < 4.78 is 0. The van der Waals surface area contributed by atoms with Crippen LogP contribution < -0.4 is 16.0 Å². The van der Waals surface area contributed by atoms with Gasteiger partial charge in [0.1, 0.15) is 0 Å². The van der Waals surface area contributed by atoms with E-state index in [1.165, 1.54) is 0 Å². The summed E-state index contributed by atoms with van der Waals surface area (Å²) in [7, 11) is 0. The molecule has 0 heterocycles. The number of rotatable bonds is 5. The Balaban J connectivity index is 1.71. The van der Waals surface area contributed by atoms with Gasteiger partial charge >= 0.3 is 6.03 Å². The van der Waals surface area contributed by atoms with E-state index in [1.807, 2.05) is 19.1 Å². The molecule has 0 unspecified atom stereocenters. The zero-order valence-corrected chi connectivity index (χ0v) is 12.1. The van der Waals surface area contributed by atoms with Crippen LogP contribution in [0.3, 0.4) is 0 Å². The van der Waals surface area contributed by atoms with Crippen molar-refractivity contribution in [2.75, 3.05) is 18.4 Å². The van der Waals surface area contributed by atoms with Gasteiger partial charge in [0, 0.05) is 19.0 Å². The number of carbonyl (C=O) groups excluding carboxylic acids is 2. The molecule has 0 bridgehead atoms. The van der Waals surface area contributed by atoms with E-state index in [4.69, 9.17) is 11.6 Å². The minimum Gasteiger partial charge on any atom is -0.354 e. The molecule has 108 valence electrons. The minimum absolute atomic E-state index is 0.0779. The molecule has 6 heteroatoms. The van der Waals surface area contributed by atoms with Gasteiger partial charge in [-0.3, -0.25) is 4.79 Å². The Kier molecular flexibility index (Phi) is 4.84. The van der Waals surface area contributed by atoms with Gasteiger partial charge in [-0.15, -0.1) is 0 Å². The smallest absolute Gasteiger partial charge is 0.319 e. The fraction of sp³-hybridized carbons (Fsp3) is 0.429. The number of urea groups is 1. The first-order valence-corrected chi connectivity index (χ1v) is 7.03. The van der Waals surface area contributed by atoms with Gasteiger partial charge in [0.15, 0.2) is 0 Å². The molecular weight excluding hydrogens is 278 g/mol. The van der Waals surface area contributed by atoms with Crippen molar-refractivity contribution in [3.8, 4) is 0 Å². The third-order valence-electron chi connectivity index (χ3n) is 3.12. The van der Waals surface area contributed by atoms with Crippen LogP contribution in [-0.2, 0) is 4.79 Å². The second-order valence-electron chi connectivity index (χ2n) is 4.88. The standard InChI is InChI=1S/C14H18ClN3O2/c1-9-3-2-4-11(15)12(9)18-14(20)17-8-7-16-13(19)10-5-6-10/h2-4,10H,5-8H2,1H3,(H,16,19)(H2,17,18,20). The average molecular weight is 296 g/mol. The highest BCUT2D eigenvalue weighted by Gasteiger charge is 2.28. The Hall–Kier alpha value is -1.75. The summed E-state index contributed by atoms with van der Waals surface area (Å²) in [6, 6.07) is 5.09. The number of hydrogen-bond donors (Lipinski definition) is 3. The van der Waals surface area contributed by atoms with Crippen molar-refractivity contribution in [3.05, 3.63) is 28.8 Å². The monoisotopic (exact) mass is 295 g/mol. The molecule has 3 N–H and O–H groups in total. The third kappa shape index (κ3) is 4.13. The maximum atomic E-state index is 11.7. The molecule has 0 atom stereocenters. The minimum atomic E-state index is -0.332. The van der Waals surface area contributed by atoms with Gasteiger partial charge in [0.05, 0.1) is 10.7 Å². The van der Waals surface area contributed by atoms with Crippen molar-refractivity contribution in [3.63, 3.8) is 0 Å². The topological polar surface area (TPSA) is 70.2 Å². The normalized spacial score (nSPS) is 13.7. The summed E-state index contributed by atoms with van der Waals surface area (Å²) in [5, 5.41) is 8.66. The third-order valence-corrected chi connectivity index (χ3v) is 3.43. The van der Waals surface area contributed by atoms with Crippen LogP contribution >= 0.6 is 11.6 Å². The van der Waals surface area contributed by atoms with E-state index in [2.05, 4.69) is 16.0 Å². The second kappa shape index (κ2) is 6.61. The van der Waals surface area contributed by atoms with Crippen LogP contribution in [0.1, 0.15) is 18.4 Å². The van der Waals surface area contributed by atoms with Crippen molar-refractivity contribution in [1.29, 1.82) is 0 Å². The molecule has 0 radical (unpaired) electrons. The summed E-state index contributed by atoms with van der Waals surface area (Å²) >= 11 is 6.02. The molecule has 0 spiro atoms. The quantitative estimate of drug-likeness (QED) is 0.730. The molecule has 5 nitrogen and oxygen atoms in total. The molecule has 3 amide bonds. The second-order valence-corrected chi connectivity index (χ2v) is 5.29. The van der Waals surface area contributed by atoms with Gasteiger partial charge in [-0.2, -0.15) is 0 Å². The van der Waals surface area contributed by atoms with Crippen LogP contribution in [0, 0.1) is 12.8 Å². The summed E-state index contributed by atoms with van der Waals surface area (Å²) in [5.41, 5.74) is 1.50. The fourth-order valence-electron chi connectivity index (χ4n) is 1.80. The highest BCUT2D eigenvalue weighted by atomic mass is 35.5. The van der Waals surface area contributed by atoms with Crippen molar-refractivity contribution in [2.24, 2.45) is 5.92 Å². The van der Waals surface area contributed by atoms with Gasteiger partial charge in [0.2, 0.25) is 5.91 Å². The number of carbonyl (C=O) groups is 2. The number of para-hydroxylation sites is 1. The number of anilines is 1. The van der Waals surface area contributed by atoms with Gasteiger partial charge < -0.3 is 16.0 Å². The van der Waals surface area contributed by atoms with E-state index in [9.17, 15) is 9.59 Å². The highest BCUT2D eigenvalue weighted by Crippen LogP contribution is 2.28. The van der Waals surface area contributed by atoms with Crippen molar-refractivity contribution in [1.82, 2.24) is 10.6 Å². The first kappa shape index (κ1) is 14.7. The Labute approximate surface area is 123 Å². The Morgan fingerprint density at radius 3 is 2.60 bits per heavy atom. The fourth-order valence-corrected chi connectivity index (χ4v) is 2.07. The van der Waals surface area contributed by atoms with E-state index < -0.39 is 0 Å². The van der Waals surface area contributed by atoms with Gasteiger partial charge in [0.25, 0.3) is 0 Å². The number of nitrogens with one attached hydrogen (secondary N) is 3. The van der Waals surface area contributed by atoms with E-state index in [1.54, 1.807) is 6.07 Å². The largest absolute Gasteiger partial charge is 0.354 e. The van der Waals surface area contributed by atoms with E-state index in [0.29, 0.717) is 23.8 Å². The summed E-state index contributed by atoms with van der Waals surface area (Å²) in [4.78, 5) is 23.1. The predicted molar refractivity (Wildman–Crippen MR) is 78.9 cm³/mol. The van der Waals surface area contributed by atoms with E-state index >= 15 is 0 Å². The van der Waals surface area contributed by atoms with Gasteiger partial charge in [-0.25, -0.2) is 4.79 Å². The summed E-state index contributed by atoms with van der Waals surface area (Å²) in [6.45, 7) is 2.69. The lowest BCUT2D eigenvalue weighted by Crippen LogP contribution is -2.37. The van der Waals surface area contributed by atoms with Crippen LogP contribution in [0.15, 0.2) is 18.2 Å². The van der Waals surface area contributed by atoms with Crippen molar-refractivity contribution >= 4 is 29.2 Å². The lowest BCUT2D eigenvalue weighted by molar-refractivity contribution is -0.122. The molecule has 1 saturated carbocycles. The average Bonchev–Trinajstić information content (AvgIpc) is 3.23. The summed E-state index contributed by atoms with van der Waals surface area (Å²) in [6.07, 6.45) is 1.96. The number of halogens is 1. The highest BCUT2D eigenvalue weighted by molar-refractivity contribution is 6.33. The lowest BCUT2D eigenvalue weighted by Gasteiger charge is -2.11. The zero-order chi connectivity index (χ0) is 14.5. The Morgan fingerprint density at radius 1 is 1.25 bits per heavy atom. The molecule has 0 aliphatic heterocycles. The molecule has 20 heavy (non-hydrogen) atoms. The van der Waals surface area contributed by atoms with Crippen molar-refractivity contribution < 1.29 is 9.59 Å². The van der Waals surface area contributed by atoms with Crippen LogP contribution in [0.5, 0.6) is 0 Å². The van der Waals surface area contributed by atoms with Gasteiger partial charge in [-0.1, -0.05) is 23.7 Å². The molecule has 1 aromatic carbocycles. The SMILES string of the molecule is Cc1cccc(Cl)c1NC(=O)NCCNC(=O)C1CC1. The van der Waals surface area contributed by atoms with Crippen molar-refractivity contribution in [2.45, 2.75) is 19.8 Å². The number of benzene rings is 1. The maximum Gasteiger partial charge on any atom is 0.319 e. The zero-order valence-electron chi connectivity index (χ0n) is 11.3. The molecule has 0 saturated heterocycles. The number of amides is 3. The van der Waals surface area contributed by atoms with E-state index in [0.717, 1.165) is 18.4 Å². The molecule has 1 aromatic rings. The Bertz CT molecular complexity index is 495. The number of aryl methyl sites for hydroxylation is 1. The first-order chi connectivity index (χ1) is 9.58. The van der Waals surface area contributed by atoms with Crippen LogP contribution in [0.25, 0.3) is 0 Å². The molecule has 1 aliphatic carbocycles. The Morgan fingerprint density at radius 2 is 1.95 bits per heavy atom. The maximum absolute atomic E-state index is 11.7. The molecule has 1 aliphatic rings. The predicted octanol–water partition coefficient (Wildman–Crippen LogP) is 2.30. The first-order valence-electron chi connectivity index (χ1n) is 6.65. The summed E-state index contributed by atoms with van der Waals surface area (Å²) in [5.74, 6) is 0.267. The van der Waals surface area contributed by atoms with Gasteiger partial charge in [-0.05, 0) is 31.4 Å². The van der Waals surface area contributed by atoms with Crippen LogP contribution in [-0.4, -0.2) is 25.0 Å². The molecule has 2 rings (SSSR count). The molecule has 1 fully saturated rings. The molecular formula is C14H18ClN3O2. The molecule has 0 aromatic heterocycles.